The monoisotopic (exact) mass is 225 g/mol. The van der Waals surface area contributed by atoms with Gasteiger partial charge < -0.3 is 9.84 Å². The van der Waals surface area contributed by atoms with Crippen LogP contribution in [0.3, 0.4) is 0 Å². The second kappa shape index (κ2) is 3.84. The van der Waals surface area contributed by atoms with Gasteiger partial charge in [0.15, 0.2) is 6.10 Å². The summed E-state index contributed by atoms with van der Waals surface area (Å²) in [7, 11) is 1.74. The van der Waals surface area contributed by atoms with E-state index in [4.69, 9.17) is 9.84 Å². The van der Waals surface area contributed by atoms with Crippen LogP contribution in [0.15, 0.2) is 12.3 Å². The van der Waals surface area contributed by atoms with Gasteiger partial charge in [-0.3, -0.25) is 14.4 Å². The van der Waals surface area contributed by atoms with Crippen LogP contribution in [0.1, 0.15) is 11.8 Å². The molecule has 7 heteroatoms. The van der Waals surface area contributed by atoms with Crippen LogP contribution >= 0.6 is 0 Å². The van der Waals surface area contributed by atoms with Gasteiger partial charge in [-0.05, 0) is 6.07 Å². The second-order valence-corrected chi connectivity index (χ2v) is 3.53. The van der Waals surface area contributed by atoms with Crippen molar-refractivity contribution >= 4 is 12.1 Å². The van der Waals surface area contributed by atoms with E-state index in [1.165, 1.54) is 0 Å². The number of nitrogens with zero attached hydrogens (tertiary/aromatic N) is 3. The van der Waals surface area contributed by atoms with Crippen molar-refractivity contribution in [3.63, 3.8) is 0 Å². The van der Waals surface area contributed by atoms with Crippen LogP contribution in [0, 0.1) is 0 Å². The van der Waals surface area contributed by atoms with E-state index in [1.54, 1.807) is 24.0 Å². The standard InChI is InChI=1S/C9H11N3O4/c1-11-6(2-3-10-11)7-4-12(5-8(13)14)9(15)16-7/h2-3,7H,4-5H2,1H3,(H,13,14). The zero-order valence-corrected chi connectivity index (χ0v) is 8.66. The van der Waals surface area contributed by atoms with E-state index in [1.807, 2.05) is 0 Å². The molecule has 86 valence electrons. The van der Waals surface area contributed by atoms with Crippen LogP contribution in [0.25, 0.3) is 0 Å². The van der Waals surface area contributed by atoms with Gasteiger partial charge in [-0.2, -0.15) is 5.10 Å². The van der Waals surface area contributed by atoms with E-state index >= 15 is 0 Å². The molecule has 0 aliphatic carbocycles. The minimum Gasteiger partial charge on any atom is -0.480 e. The summed E-state index contributed by atoms with van der Waals surface area (Å²) in [6, 6.07) is 1.74. The number of carboxylic acid groups (broad SMARTS) is 1. The molecule has 0 radical (unpaired) electrons. The number of rotatable bonds is 3. The molecule has 7 nitrogen and oxygen atoms in total. The summed E-state index contributed by atoms with van der Waals surface area (Å²) in [4.78, 5) is 23.0. The van der Waals surface area contributed by atoms with Gasteiger partial charge in [-0.1, -0.05) is 0 Å². The summed E-state index contributed by atoms with van der Waals surface area (Å²) in [5, 5.41) is 12.6. The minimum atomic E-state index is -1.05. The predicted octanol–water partition coefficient (Wildman–Crippen LogP) is -0.00200. The first-order valence-electron chi connectivity index (χ1n) is 4.73. The van der Waals surface area contributed by atoms with Crippen LogP contribution in [0.4, 0.5) is 4.79 Å². The fourth-order valence-corrected chi connectivity index (χ4v) is 1.65. The number of amides is 1. The molecule has 1 aliphatic rings. The number of aromatic nitrogens is 2. The van der Waals surface area contributed by atoms with E-state index in [0.717, 1.165) is 10.6 Å². The molecular weight excluding hydrogens is 214 g/mol. The molecule has 1 fully saturated rings. The van der Waals surface area contributed by atoms with Crippen molar-refractivity contribution in [2.75, 3.05) is 13.1 Å². The van der Waals surface area contributed by atoms with Gasteiger partial charge in [-0.15, -0.1) is 0 Å². The number of aryl methyl sites for hydroxylation is 1. The van der Waals surface area contributed by atoms with Crippen molar-refractivity contribution in [2.45, 2.75) is 6.10 Å². The Hall–Kier alpha value is -2.05. The maximum atomic E-state index is 11.3. The van der Waals surface area contributed by atoms with Gasteiger partial charge >= 0.3 is 12.1 Å². The van der Waals surface area contributed by atoms with Gasteiger partial charge in [0.1, 0.15) is 6.54 Å². The number of ether oxygens (including phenoxy) is 1. The normalized spacial score (nSPS) is 19.9. The highest BCUT2D eigenvalue weighted by atomic mass is 16.6. The van der Waals surface area contributed by atoms with Crippen molar-refractivity contribution in [1.82, 2.24) is 14.7 Å². The molecule has 2 rings (SSSR count). The Morgan fingerprint density at radius 2 is 2.50 bits per heavy atom. The average molecular weight is 225 g/mol. The summed E-state index contributed by atoms with van der Waals surface area (Å²) in [5.41, 5.74) is 0.751. The maximum absolute atomic E-state index is 11.3. The molecule has 1 N–H and O–H groups in total. The highest BCUT2D eigenvalue weighted by Gasteiger charge is 2.34. The van der Waals surface area contributed by atoms with Crippen molar-refractivity contribution < 1.29 is 19.4 Å². The SMILES string of the molecule is Cn1nccc1C1CN(CC(=O)O)C(=O)O1. The summed E-state index contributed by atoms with van der Waals surface area (Å²) in [6.07, 6.45) is 0.552. The lowest BCUT2D eigenvalue weighted by Gasteiger charge is -2.09. The molecule has 16 heavy (non-hydrogen) atoms. The lowest BCUT2D eigenvalue weighted by atomic mass is 10.2. The van der Waals surface area contributed by atoms with Crippen LogP contribution in [0.5, 0.6) is 0 Å². The fourth-order valence-electron chi connectivity index (χ4n) is 1.65. The van der Waals surface area contributed by atoms with E-state index < -0.39 is 18.2 Å². The van der Waals surface area contributed by atoms with Gasteiger partial charge in [0.25, 0.3) is 0 Å². The van der Waals surface area contributed by atoms with Crippen molar-refractivity contribution in [1.29, 1.82) is 0 Å². The molecule has 2 heterocycles. The van der Waals surface area contributed by atoms with Crippen LogP contribution in [-0.4, -0.2) is 44.9 Å². The zero-order chi connectivity index (χ0) is 11.7. The minimum absolute atomic E-state index is 0.241. The molecule has 0 spiro atoms. The summed E-state index contributed by atoms with van der Waals surface area (Å²) >= 11 is 0. The quantitative estimate of drug-likeness (QED) is 0.782. The van der Waals surface area contributed by atoms with Crippen LogP contribution in [0.2, 0.25) is 0 Å². The smallest absolute Gasteiger partial charge is 0.411 e. The topological polar surface area (TPSA) is 84.7 Å². The average Bonchev–Trinajstić information content (AvgIpc) is 2.73. The first-order valence-corrected chi connectivity index (χ1v) is 4.73. The predicted molar refractivity (Wildman–Crippen MR) is 51.6 cm³/mol. The van der Waals surface area contributed by atoms with E-state index in [9.17, 15) is 9.59 Å². The zero-order valence-electron chi connectivity index (χ0n) is 8.66. The summed E-state index contributed by atoms with van der Waals surface area (Å²) < 4.78 is 6.66. The third kappa shape index (κ3) is 1.83. The summed E-state index contributed by atoms with van der Waals surface area (Å²) in [5.74, 6) is -1.05. The lowest BCUT2D eigenvalue weighted by Crippen LogP contribution is -2.30. The first kappa shape index (κ1) is 10.5. The van der Waals surface area contributed by atoms with Crippen molar-refractivity contribution in [3.8, 4) is 0 Å². The van der Waals surface area contributed by atoms with Crippen molar-refractivity contribution in [2.24, 2.45) is 7.05 Å². The molecule has 1 unspecified atom stereocenters. The maximum Gasteiger partial charge on any atom is 0.411 e. The van der Waals surface area contributed by atoms with E-state index in [2.05, 4.69) is 5.10 Å². The molecule has 0 saturated carbocycles. The molecule has 1 aromatic rings. The number of carbonyl (C=O) groups is 2. The Labute approximate surface area is 91.2 Å². The van der Waals surface area contributed by atoms with Crippen molar-refractivity contribution in [3.05, 3.63) is 18.0 Å². The number of carboxylic acids is 1. The van der Waals surface area contributed by atoms with Gasteiger partial charge in [0.05, 0.1) is 12.2 Å². The van der Waals surface area contributed by atoms with Gasteiger partial charge in [0, 0.05) is 13.2 Å². The largest absolute Gasteiger partial charge is 0.480 e. The molecule has 1 aliphatic heterocycles. The number of aliphatic carboxylic acids is 1. The highest BCUT2D eigenvalue weighted by molar-refractivity contribution is 5.78. The Bertz CT molecular complexity index is 428. The third-order valence-electron chi connectivity index (χ3n) is 2.40. The number of hydrogen-bond donors (Lipinski definition) is 1. The Balaban J connectivity index is 2.09. The summed E-state index contributed by atoms with van der Waals surface area (Å²) in [6.45, 7) is -0.0994. The highest BCUT2D eigenvalue weighted by Crippen LogP contribution is 2.24. The number of carbonyl (C=O) groups excluding carboxylic acids is 1. The Morgan fingerprint density at radius 3 is 3.06 bits per heavy atom. The molecular formula is C9H11N3O4. The number of hydrogen-bond acceptors (Lipinski definition) is 4. The fraction of sp³-hybridized carbons (Fsp3) is 0.444. The van der Waals surface area contributed by atoms with Gasteiger partial charge in [0.2, 0.25) is 0 Å². The molecule has 1 aromatic heterocycles. The lowest BCUT2D eigenvalue weighted by molar-refractivity contribution is -0.137. The van der Waals surface area contributed by atoms with E-state index in [0.29, 0.717) is 0 Å². The second-order valence-electron chi connectivity index (χ2n) is 3.53. The molecule has 0 bridgehead atoms. The number of cyclic esters (lactones) is 1. The third-order valence-corrected chi connectivity index (χ3v) is 2.40. The Morgan fingerprint density at radius 1 is 1.75 bits per heavy atom. The Kier molecular flexibility index (Phi) is 2.51. The van der Waals surface area contributed by atoms with Crippen LogP contribution < -0.4 is 0 Å². The molecule has 0 aromatic carbocycles. The first-order chi connectivity index (χ1) is 7.58. The van der Waals surface area contributed by atoms with E-state index in [-0.39, 0.29) is 13.1 Å². The molecule has 1 atom stereocenters. The van der Waals surface area contributed by atoms with Gasteiger partial charge in [-0.25, -0.2) is 4.79 Å². The molecule has 1 saturated heterocycles. The van der Waals surface area contributed by atoms with Crippen LogP contribution in [-0.2, 0) is 16.6 Å². The molecule has 1 amide bonds.